The van der Waals surface area contributed by atoms with Crippen LogP contribution in [0.1, 0.15) is 30.0 Å². The molecule has 2 N–H and O–H groups in total. The van der Waals surface area contributed by atoms with Gasteiger partial charge in [0, 0.05) is 17.7 Å². The van der Waals surface area contributed by atoms with Gasteiger partial charge in [-0.1, -0.05) is 17.7 Å². The third kappa shape index (κ3) is 3.69. The van der Waals surface area contributed by atoms with Crippen LogP contribution in [0.3, 0.4) is 0 Å². The molecule has 4 heteroatoms. The van der Waals surface area contributed by atoms with Crippen molar-refractivity contribution in [3.05, 3.63) is 34.3 Å². The van der Waals surface area contributed by atoms with Gasteiger partial charge in [-0.25, -0.2) is 0 Å². The summed E-state index contributed by atoms with van der Waals surface area (Å²) in [6.45, 7) is 2.18. The van der Waals surface area contributed by atoms with E-state index in [2.05, 4.69) is 17.4 Å². The third-order valence-electron chi connectivity index (χ3n) is 3.27. The Kier molecular flexibility index (Phi) is 5.45. The van der Waals surface area contributed by atoms with Crippen LogP contribution in [-0.4, -0.2) is 31.5 Å². The van der Waals surface area contributed by atoms with E-state index in [0.29, 0.717) is 19.3 Å². The second-order valence-electron chi connectivity index (χ2n) is 4.58. The molecule has 1 aromatic rings. The number of aliphatic hydroxyl groups is 1. The van der Waals surface area contributed by atoms with Crippen molar-refractivity contribution in [3.63, 3.8) is 0 Å². The van der Waals surface area contributed by atoms with E-state index in [1.165, 1.54) is 11.1 Å². The Morgan fingerprint density at radius 3 is 3.11 bits per heavy atom. The molecule has 0 spiro atoms. The molecule has 2 rings (SSSR count). The summed E-state index contributed by atoms with van der Waals surface area (Å²) in [5.41, 5.74) is 2.76. The molecular formula is C14H20ClNO2. The average molecular weight is 270 g/mol. The zero-order chi connectivity index (χ0) is 12.8. The van der Waals surface area contributed by atoms with Crippen molar-refractivity contribution in [1.29, 1.82) is 0 Å². The van der Waals surface area contributed by atoms with Crippen molar-refractivity contribution in [1.82, 2.24) is 5.32 Å². The Bertz CT molecular complexity index is 384. The highest BCUT2D eigenvalue weighted by Crippen LogP contribution is 2.32. The van der Waals surface area contributed by atoms with Gasteiger partial charge >= 0.3 is 0 Å². The van der Waals surface area contributed by atoms with Crippen LogP contribution < -0.4 is 5.32 Å². The number of benzene rings is 1. The molecule has 0 aliphatic heterocycles. The summed E-state index contributed by atoms with van der Waals surface area (Å²) in [7, 11) is 0. The van der Waals surface area contributed by atoms with Gasteiger partial charge in [0.1, 0.15) is 0 Å². The summed E-state index contributed by atoms with van der Waals surface area (Å²) in [5.74, 6) is 0. The maximum atomic E-state index is 8.58. The predicted octanol–water partition coefficient (Wildman–Crippen LogP) is 2.32. The first-order valence-electron chi connectivity index (χ1n) is 6.51. The largest absolute Gasteiger partial charge is 0.394 e. The summed E-state index contributed by atoms with van der Waals surface area (Å²) < 4.78 is 5.23. The predicted molar refractivity (Wildman–Crippen MR) is 73.0 cm³/mol. The molecule has 0 saturated carbocycles. The van der Waals surface area contributed by atoms with Crippen molar-refractivity contribution < 1.29 is 9.84 Å². The van der Waals surface area contributed by atoms with Crippen LogP contribution in [0.2, 0.25) is 5.02 Å². The second-order valence-corrected chi connectivity index (χ2v) is 5.01. The minimum Gasteiger partial charge on any atom is -0.394 e. The molecular weight excluding hydrogens is 250 g/mol. The highest BCUT2D eigenvalue weighted by Gasteiger charge is 2.21. The fraction of sp³-hybridized carbons (Fsp3) is 0.571. The Labute approximate surface area is 113 Å². The molecule has 1 aliphatic rings. The second kappa shape index (κ2) is 7.10. The molecule has 18 heavy (non-hydrogen) atoms. The Morgan fingerprint density at radius 1 is 1.39 bits per heavy atom. The van der Waals surface area contributed by atoms with E-state index in [0.717, 1.165) is 30.8 Å². The summed E-state index contributed by atoms with van der Waals surface area (Å²) in [4.78, 5) is 0. The number of rotatable bonds is 7. The molecule has 0 radical (unpaired) electrons. The number of aryl methyl sites for hydroxylation is 1. The smallest absolute Gasteiger partial charge is 0.0697 e. The van der Waals surface area contributed by atoms with Crippen LogP contribution in [0.25, 0.3) is 0 Å². The number of ether oxygens (including phenoxy) is 1. The van der Waals surface area contributed by atoms with Crippen LogP contribution in [0.15, 0.2) is 18.2 Å². The van der Waals surface area contributed by atoms with Gasteiger partial charge in [0.15, 0.2) is 0 Å². The standard InChI is InChI=1S/C14H20ClNO2/c15-12-3-4-13-11(10-12)2-5-14(13)16-6-1-8-18-9-7-17/h3-4,10,14,16-17H,1-2,5-9H2. The van der Waals surface area contributed by atoms with Gasteiger partial charge in [0.2, 0.25) is 0 Å². The van der Waals surface area contributed by atoms with Crippen LogP contribution in [0, 0.1) is 0 Å². The van der Waals surface area contributed by atoms with E-state index in [1.807, 2.05) is 6.07 Å². The molecule has 1 unspecified atom stereocenters. The molecule has 1 aromatic carbocycles. The molecule has 0 bridgehead atoms. The topological polar surface area (TPSA) is 41.5 Å². The van der Waals surface area contributed by atoms with Crippen molar-refractivity contribution in [2.75, 3.05) is 26.4 Å². The summed E-state index contributed by atoms with van der Waals surface area (Å²) >= 11 is 5.99. The van der Waals surface area contributed by atoms with Crippen LogP contribution >= 0.6 is 11.6 Å². The van der Waals surface area contributed by atoms with E-state index in [9.17, 15) is 0 Å². The van der Waals surface area contributed by atoms with Gasteiger partial charge in [0.05, 0.1) is 13.2 Å². The number of aliphatic hydroxyl groups excluding tert-OH is 1. The van der Waals surface area contributed by atoms with E-state index in [4.69, 9.17) is 21.4 Å². The highest BCUT2D eigenvalue weighted by molar-refractivity contribution is 6.30. The lowest BCUT2D eigenvalue weighted by molar-refractivity contribution is 0.0904. The first kappa shape index (κ1) is 13.8. The van der Waals surface area contributed by atoms with Gasteiger partial charge in [-0.3, -0.25) is 0 Å². The molecule has 0 fully saturated rings. The molecule has 0 amide bonds. The van der Waals surface area contributed by atoms with Crippen LogP contribution in [0.5, 0.6) is 0 Å². The molecule has 3 nitrogen and oxygen atoms in total. The minimum atomic E-state index is 0.101. The Morgan fingerprint density at radius 2 is 2.28 bits per heavy atom. The lowest BCUT2D eigenvalue weighted by atomic mass is 10.1. The van der Waals surface area contributed by atoms with Gasteiger partial charge in [0.25, 0.3) is 0 Å². The van der Waals surface area contributed by atoms with E-state index in [1.54, 1.807) is 0 Å². The molecule has 0 saturated heterocycles. The Balaban J connectivity index is 1.73. The summed E-state index contributed by atoms with van der Waals surface area (Å²) in [6, 6.07) is 6.62. The minimum absolute atomic E-state index is 0.101. The Hall–Kier alpha value is -0.610. The zero-order valence-corrected chi connectivity index (χ0v) is 11.2. The maximum absolute atomic E-state index is 8.58. The molecule has 100 valence electrons. The number of nitrogens with one attached hydrogen (secondary N) is 1. The quantitative estimate of drug-likeness (QED) is 0.747. The fourth-order valence-electron chi connectivity index (χ4n) is 2.42. The van der Waals surface area contributed by atoms with Crippen molar-refractivity contribution in [2.24, 2.45) is 0 Å². The molecule has 1 atom stereocenters. The number of halogens is 1. The number of hydrogen-bond acceptors (Lipinski definition) is 3. The van der Waals surface area contributed by atoms with Crippen LogP contribution in [-0.2, 0) is 11.2 Å². The lowest BCUT2D eigenvalue weighted by Crippen LogP contribution is -2.21. The monoisotopic (exact) mass is 269 g/mol. The molecule has 0 heterocycles. The maximum Gasteiger partial charge on any atom is 0.0697 e. The average Bonchev–Trinajstić information content (AvgIpc) is 2.76. The summed E-state index contributed by atoms with van der Waals surface area (Å²) in [5, 5.41) is 12.9. The fourth-order valence-corrected chi connectivity index (χ4v) is 2.61. The SMILES string of the molecule is OCCOCCCNC1CCc2cc(Cl)ccc21. The summed E-state index contributed by atoms with van der Waals surface area (Å²) in [6.07, 6.45) is 3.22. The van der Waals surface area contributed by atoms with Crippen molar-refractivity contribution in [3.8, 4) is 0 Å². The van der Waals surface area contributed by atoms with E-state index in [-0.39, 0.29) is 6.61 Å². The van der Waals surface area contributed by atoms with Gasteiger partial charge in [-0.15, -0.1) is 0 Å². The number of fused-ring (bicyclic) bond motifs is 1. The lowest BCUT2D eigenvalue weighted by Gasteiger charge is -2.14. The van der Waals surface area contributed by atoms with E-state index >= 15 is 0 Å². The normalized spacial score (nSPS) is 18.0. The van der Waals surface area contributed by atoms with Gasteiger partial charge in [-0.05, 0) is 49.1 Å². The zero-order valence-electron chi connectivity index (χ0n) is 10.5. The highest BCUT2D eigenvalue weighted by atomic mass is 35.5. The third-order valence-corrected chi connectivity index (χ3v) is 3.51. The van der Waals surface area contributed by atoms with Gasteiger partial charge in [-0.2, -0.15) is 0 Å². The molecule has 0 aromatic heterocycles. The van der Waals surface area contributed by atoms with E-state index < -0.39 is 0 Å². The van der Waals surface area contributed by atoms with Gasteiger partial charge < -0.3 is 15.2 Å². The van der Waals surface area contributed by atoms with Crippen LogP contribution in [0.4, 0.5) is 0 Å². The number of hydrogen-bond donors (Lipinski definition) is 2. The first-order valence-corrected chi connectivity index (χ1v) is 6.89. The molecule has 1 aliphatic carbocycles. The first-order chi connectivity index (χ1) is 8.81. The van der Waals surface area contributed by atoms with Crippen molar-refractivity contribution in [2.45, 2.75) is 25.3 Å². The van der Waals surface area contributed by atoms with Crippen molar-refractivity contribution >= 4 is 11.6 Å².